The molecule has 41 heavy (non-hydrogen) atoms. The number of amides is 2. The molecule has 8 nitrogen and oxygen atoms in total. The van der Waals surface area contributed by atoms with E-state index in [1.165, 1.54) is 14.2 Å². The molecule has 0 heterocycles. The van der Waals surface area contributed by atoms with Crippen molar-refractivity contribution < 1.29 is 45.7 Å². The van der Waals surface area contributed by atoms with Crippen LogP contribution in [0.4, 0.5) is 0 Å². The Morgan fingerprint density at radius 2 is 0.902 bits per heavy atom. The minimum absolute atomic E-state index is 0. The van der Waals surface area contributed by atoms with E-state index >= 15 is 0 Å². The van der Waals surface area contributed by atoms with Crippen LogP contribution in [0.25, 0.3) is 0 Å². The Balaban J connectivity index is 0.000000280. The van der Waals surface area contributed by atoms with Gasteiger partial charge in [0.1, 0.15) is 12.1 Å². The van der Waals surface area contributed by atoms with E-state index in [1.807, 2.05) is 60.7 Å². The van der Waals surface area contributed by atoms with Crippen molar-refractivity contribution in [3.05, 3.63) is 135 Å². The summed E-state index contributed by atoms with van der Waals surface area (Å²) < 4.78 is 9.50. The van der Waals surface area contributed by atoms with E-state index in [-0.39, 0.29) is 28.9 Å². The Labute approximate surface area is 253 Å². The molecule has 2 N–H and O–H groups in total. The van der Waals surface area contributed by atoms with Gasteiger partial charge in [-0.2, -0.15) is 0 Å². The number of hydrogen-bond donors (Lipinski definition) is 2. The normalized spacial score (nSPS) is 16.2. The third-order valence-corrected chi connectivity index (χ3v) is 6.00. The Morgan fingerprint density at radius 3 is 1.20 bits per heavy atom. The van der Waals surface area contributed by atoms with Crippen LogP contribution in [-0.2, 0) is 58.6 Å². The largest absolute Gasteiger partial charge is 2.00 e. The molecular weight excluding hydrogens is 564 g/mol. The minimum Gasteiger partial charge on any atom is -0.467 e. The van der Waals surface area contributed by atoms with E-state index < -0.39 is 24.0 Å². The maximum atomic E-state index is 12.0. The van der Waals surface area contributed by atoms with Crippen LogP contribution in [0.2, 0.25) is 0 Å². The molecule has 2 aromatic carbocycles. The average molecular weight is 596 g/mol. The van der Waals surface area contributed by atoms with Gasteiger partial charge in [-0.1, -0.05) is 60.7 Å². The van der Waals surface area contributed by atoms with Gasteiger partial charge in [-0.05, 0) is 62.5 Å². The van der Waals surface area contributed by atoms with Crippen LogP contribution < -0.4 is 10.6 Å². The fourth-order valence-corrected chi connectivity index (χ4v) is 3.90. The monoisotopic (exact) mass is 596 g/mol. The summed E-state index contributed by atoms with van der Waals surface area (Å²) in [6, 6.07) is 17.6. The first-order valence-electron chi connectivity index (χ1n) is 12.7. The molecule has 0 bridgehead atoms. The third-order valence-electron chi connectivity index (χ3n) is 6.00. The van der Waals surface area contributed by atoms with Crippen LogP contribution in [0.1, 0.15) is 11.1 Å². The van der Waals surface area contributed by atoms with E-state index in [2.05, 4.69) is 10.6 Å². The number of esters is 2. The Bertz CT molecular complexity index is 998. The predicted molar refractivity (Wildman–Crippen MR) is 149 cm³/mol. The standard InChI is InChI=1S/2C16H16NO3.Fe/c2*1-20-16(19)14(11-12-7-3-2-4-8-12)17-15(18)13-9-5-6-10-13;/h2*2-10,14H,11H2,1H3,(H,17,18);/q;;+2/t2*14-;/m00./s1. The van der Waals surface area contributed by atoms with Crippen molar-refractivity contribution in [1.29, 1.82) is 0 Å². The zero-order valence-electron chi connectivity index (χ0n) is 22.8. The van der Waals surface area contributed by atoms with Crippen LogP contribution in [0.3, 0.4) is 0 Å². The summed E-state index contributed by atoms with van der Waals surface area (Å²) in [7, 11) is 2.63. The number of nitrogens with one attached hydrogen (secondary N) is 2. The Morgan fingerprint density at radius 1 is 0.585 bits per heavy atom. The van der Waals surface area contributed by atoms with Crippen LogP contribution >= 0.6 is 0 Å². The van der Waals surface area contributed by atoms with Crippen LogP contribution in [-0.4, -0.2) is 50.1 Å². The van der Waals surface area contributed by atoms with Crippen molar-refractivity contribution >= 4 is 23.8 Å². The maximum absolute atomic E-state index is 12.0. The van der Waals surface area contributed by atoms with E-state index in [9.17, 15) is 19.2 Å². The molecule has 2 aliphatic rings. The van der Waals surface area contributed by atoms with Crippen molar-refractivity contribution in [2.24, 2.45) is 0 Å². The molecule has 4 rings (SSSR count). The van der Waals surface area contributed by atoms with E-state index in [4.69, 9.17) is 9.47 Å². The van der Waals surface area contributed by atoms with Gasteiger partial charge >= 0.3 is 29.0 Å². The second kappa shape index (κ2) is 18.3. The number of hydrogen-bond acceptors (Lipinski definition) is 6. The molecular formula is C32H32FeN2O6+2. The molecule has 0 unspecified atom stereocenters. The molecule has 0 saturated heterocycles. The van der Waals surface area contributed by atoms with Gasteiger partial charge in [0.15, 0.2) is 0 Å². The summed E-state index contributed by atoms with van der Waals surface area (Å²) in [5, 5.41) is 5.41. The zero-order valence-corrected chi connectivity index (χ0v) is 23.9. The van der Waals surface area contributed by atoms with Crippen molar-refractivity contribution in [2.75, 3.05) is 14.2 Å². The summed E-state index contributed by atoms with van der Waals surface area (Å²) in [6.07, 6.45) is 14.7. The number of carbonyl (C=O) groups is 4. The molecule has 2 saturated carbocycles. The van der Waals surface area contributed by atoms with Gasteiger partial charge in [0.05, 0.1) is 26.1 Å². The van der Waals surface area contributed by atoms with Crippen molar-refractivity contribution in [3.8, 4) is 0 Å². The summed E-state index contributed by atoms with van der Waals surface area (Å²) >= 11 is 0. The molecule has 0 spiro atoms. The summed E-state index contributed by atoms with van der Waals surface area (Å²) in [5.74, 6) is -0.385. The van der Waals surface area contributed by atoms with Gasteiger partial charge in [0.2, 0.25) is 11.8 Å². The second-order valence-corrected chi connectivity index (χ2v) is 8.83. The molecule has 212 valence electrons. The van der Waals surface area contributed by atoms with Crippen LogP contribution in [0, 0.1) is 63.2 Å². The van der Waals surface area contributed by atoms with Gasteiger partial charge in [0, 0.05) is 12.8 Å². The van der Waals surface area contributed by atoms with Crippen molar-refractivity contribution in [2.45, 2.75) is 24.9 Å². The van der Waals surface area contributed by atoms with Crippen LogP contribution in [0.5, 0.6) is 0 Å². The fourth-order valence-electron chi connectivity index (χ4n) is 3.90. The van der Waals surface area contributed by atoms with Gasteiger partial charge in [0.25, 0.3) is 0 Å². The van der Waals surface area contributed by atoms with Crippen molar-refractivity contribution in [3.63, 3.8) is 0 Å². The van der Waals surface area contributed by atoms with Crippen molar-refractivity contribution in [1.82, 2.24) is 10.6 Å². The molecule has 2 aliphatic carbocycles. The number of ether oxygens (including phenoxy) is 2. The first-order chi connectivity index (χ1) is 19.4. The molecule has 2 amide bonds. The van der Waals surface area contributed by atoms with E-state index in [0.717, 1.165) is 11.1 Å². The summed E-state index contributed by atoms with van der Waals surface area (Å²) in [4.78, 5) is 47.6. The SMILES string of the molecule is COC(=O)[C@H](Cc1ccccc1)NC(=O)[C]1[CH][CH][CH][CH]1.COC(=O)[C@H](Cc1ccccc1)NC(=O)[C]1[CH][CH][CH][CH]1.[Fe+2]. The molecule has 2 atom stereocenters. The van der Waals surface area contributed by atoms with Gasteiger partial charge in [-0.25, -0.2) is 9.59 Å². The number of benzene rings is 2. The average Bonchev–Trinajstić information content (AvgIpc) is 3.72. The third kappa shape index (κ3) is 11.3. The summed E-state index contributed by atoms with van der Waals surface area (Å²) in [5.41, 5.74) is 1.93. The first-order valence-corrected chi connectivity index (χ1v) is 12.7. The van der Waals surface area contributed by atoms with E-state index in [0.29, 0.717) is 24.7 Å². The Kier molecular flexibility index (Phi) is 15.2. The topological polar surface area (TPSA) is 111 Å². The minimum atomic E-state index is -0.690. The number of carbonyl (C=O) groups excluding carboxylic acids is 4. The second-order valence-electron chi connectivity index (χ2n) is 8.83. The molecule has 2 aromatic rings. The molecule has 0 aliphatic heterocycles. The maximum Gasteiger partial charge on any atom is 2.00 e. The Hall–Kier alpha value is -3.16. The molecule has 9 heteroatoms. The number of rotatable bonds is 10. The van der Waals surface area contributed by atoms with E-state index in [1.54, 1.807) is 51.4 Å². The quantitative estimate of drug-likeness (QED) is 0.323. The predicted octanol–water partition coefficient (Wildman–Crippen LogP) is 2.58. The zero-order chi connectivity index (χ0) is 28.7. The smallest absolute Gasteiger partial charge is 0.467 e. The molecule has 2 fully saturated rings. The number of methoxy groups -OCH3 is 2. The van der Waals surface area contributed by atoms with Crippen LogP contribution in [0.15, 0.2) is 60.7 Å². The molecule has 10 radical (unpaired) electrons. The summed E-state index contributed by atoms with van der Waals surface area (Å²) in [6.45, 7) is 0. The molecule has 0 aromatic heterocycles. The van der Waals surface area contributed by atoms with Gasteiger partial charge in [-0.3, -0.25) is 9.59 Å². The van der Waals surface area contributed by atoms with Gasteiger partial charge in [-0.15, -0.1) is 0 Å². The van der Waals surface area contributed by atoms with Gasteiger partial charge < -0.3 is 20.1 Å². The first kappa shape index (κ1) is 34.0. The fraction of sp³-hybridized carbons (Fsp3) is 0.188.